The summed E-state index contributed by atoms with van der Waals surface area (Å²) < 4.78 is 0. The number of hydrogen-bond donors (Lipinski definition) is 2. The third-order valence-corrected chi connectivity index (χ3v) is 4.23. The zero-order chi connectivity index (χ0) is 16.4. The Balaban J connectivity index is 1.78. The molecular weight excluding hydrogens is 296 g/mol. The van der Waals surface area contributed by atoms with Crippen molar-refractivity contribution in [3.05, 3.63) is 83.4 Å². The van der Waals surface area contributed by atoms with Crippen molar-refractivity contribution in [2.75, 3.05) is 12.3 Å². The van der Waals surface area contributed by atoms with E-state index >= 15 is 0 Å². The molecule has 0 unspecified atom stereocenters. The average molecular weight is 314 g/mol. The minimum Gasteiger partial charge on any atom is -0.382 e. The minimum absolute atomic E-state index is 0.435. The maximum atomic E-state index is 5.63. The van der Waals surface area contributed by atoms with Crippen LogP contribution in [0.25, 0.3) is 16.8 Å². The van der Waals surface area contributed by atoms with Crippen molar-refractivity contribution in [3.8, 4) is 11.3 Å². The van der Waals surface area contributed by atoms with Crippen LogP contribution in [0.1, 0.15) is 16.7 Å². The molecule has 0 saturated heterocycles. The van der Waals surface area contributed by atoms with E-state index in [1.807, 2.05) is 12.1 Å². The molecule has 3 N–H and O–H groups in total. The molecule has 0 aliphatic carbocycles. The molecule has 2 heterocycles. The molecule has 2 aromatic carbocycles. The number of nitrogens with zero attached hydrogens (tertiary/aromatic N) is 2. The van der Waals surface area contributed by atoms with Crippen molar-refractivity contribution in [3.63, 3.8) is 0 Å². The highest BCUT2D eigenvalue weighted by Gasteiger charge is 2.14. The smallest absolute Gasteiger partial charge is 0.146 e. The van der Waals surface area contributed by atoms with E-state index in [0.717, 1.165) is 24.3 Å². The van der Waals surface area contributed by atoms with Crippen LogP contribution in [0, 0.1) is 0 Å². The molecule has 0 saturated carbocycles. The van der Waals surface area contributed by atoms with Crippen LogP contribution in [0.15, 0.2) is 66.7 Å². The molecule has 0 radical (unpaired) electrons. The molecule has 0 spiro atoms. The van der Waals surface area contributed by atoms with E-state index in [9.17, 15) is 0 Å². The molecular formula is C20H18N4. The van der Waals surface area contributed by atoms with Gasteiger partial charge in [0, 0.05) is 18.7 Å². The van der Waals surface area contributed by atoms with Crippen LogP contribution in [0.2, 0.25) is 0 Å². The lowest BCUT2D eigenvalue weighted by molar-refractivity contribution is 0.766. The van der Waals surface area contributed by atoms with E-state index in [4.69, 9.17) is 5.73 Å². The molecule has 0 bridgehead atoms. The standard InChI is InChI=1S/C20H18N4/c21-20-9-8-19(23-24-20)15-6-7-17-16(12-15)13-22-11-10-18(17)14-4-2-1-3-5-14/h1-10,12,22H,11,13H2,(H2,21,24). The van der Waals surface area contributed by atoms with Crippen molar-refractivity contribution in [2.24, 2.45) is 0 Å². The lowest BCUT2D eigenvalue weighted by Gasteiger charge is -2.13. The second kappa shape index (κ2) is 6.26. The number of rotatable bonds is 2. The number of nitrogen functional groups attached to an aromatic ring is 1. The largest absolute Gasteiger partial charge is 0.382 e. The summed E-state index contributed by atoms with van der Waals surface area (Å²) in [6.07, 6.45) is 2.25. The maximum Gasteiger partial charge on any atom is 0.146 e. The number of aromatic nitrogens is 2. The summed E-state index contributed by atoms with van der Waals surface area (Å²) in [5, 5.41) is 11.6. The normalized spacial score (nSPS) is 13.8. The third-order valence-electron chi connectivity index (χ3n) is 4.23. The number of anilines is 1. The summed E-state index contributed by atoms with van der Waals surface area (Å²) in [6.45, 7) is 1.69. The number of fused-ring (bicyclic) bond motifs is 1. The number of hydrogen-bond acceptors (Lipinski definition) is 4. The Morgan fingerprint density at radius 1 is 0.875 bits per heavy atom. The van der Waals surface area contributed by atoms with Crippen LogP contribution in [-0.4, -0.2) is 16.7 Å². The van der Waals surface area contributed by atoms with Crippen molar-refractivity contribution in [1.82, 2.24) is 15.5 Å². The van der Waals surface area contributed by atoms with Gasteiger partial charge in [0.05, 0.1) is 5.69 Å². The average Bonchev–Trinajstić information content (AvgIpc) is 2.85. The van der Waals surface area contributed by atoms with Gasteiger partial charge in [-0.2, -0.15) is 0 Å². The van der Waals surface area contributed by atoms with E-state index in [-0.39, 0.29) is 0 Å². The first-order valence-electron chi connectivity index (χ1n) is 8.00. The van der Waals surface area contributed by atoms with Gasteiger partial charge in [0.25, 0.3) is 0 Å². The Morgan fingerprint density at radius 2 is 1.75 bits per heavy atom. The molecule has 0 fully saturated rings. The molecule has 1 aliphatic rings. The highest BCUT2D eigenvalue weighted by atomic mass is 15.1. The van der Waals surface area contributed by atoms with E-state index in [2.05, 4.69) is 64.1 Å². The van der Waals surface area contributed by atoms with Crippen molar-refractivity contribution in [1.29, 1.82) is 0 Å². The first-order chi connectivity index (χ1) is 11.8. The van der Waals surface area contributed by atoms with Gasteiger partial charge < -0.3 is 11.1 Å². The Morgan fingerprint density at radius 3 is 2.54 bits per heavy atom. The fourth-order valence-electron chi connectivity index (χ4n) is 3.04. The Hall–Kier alpha value is -2.98. The van der Waals surface area contributed by atoms with E-state index in [1.54, 1.807) is 6.07 Å². The second-order valence-corrected chi connectivity index (χ2v) is 5.83. The molecule has 4 heteroatoms. The molecule has 4 rings (SSSR count). The van der Waals surface area contributed by atoms with E-state index < -0.39 is 0 Å². The molecule has 0 amide bonds. The zero-order valence-corrected chi connectivity index (χ0v) is 13.2. The topological polar surface area (TPSA) is 63.8 Å². The summed E-state index contributed by atoms with van der Waals surface area (Å²) in [5.41, 5.74) is 12.5. The predicted octanol–water partition coefficient (Wildman–Crippen LogP) is 3.26. The number of benzene rings is 2. The van der Waals surface area contributed by atoms with Gasteiger partial charge in [-0.3, -0.25) is 0 Å². The maximum absolute atomic E-state index is 5.63. The lowest BCUT2D eigenvalue weighted by atomic mass is 9.92. The SMILES string of the molecule is Nc1ccc(-c2ccc3c(c2)CNCC=C3c2ccccc2)nn1. The Bertz CT molecular complexity index is 883. The van der Waals surface area contributed by atoms with Crippen LogP contribution >= 0.6 is 0 Å². The van der Waals surface area contributed by atoms with Gasteiger partial charge in [0.2, 0.25) is 0 Å². The molecule has 4 nitrogen and oxygen atoms in total. The third kappa shape index (κ3) is 2.79. The van der Waals surface area contributed by atoms with Gasteiger partial charge in [-0.1, -0.05) is 48.5 Å². The van der Waals surface area contributed by atoms with Gasteiger partial charge in [-0.25, -0.2) is 0 Å². The molecule has 118 valence electrons. The fraction of sp³-hybridized carbons (Fsp3) is 0.100. The second-order valence-electron chi connectivity index (χ2n) is 5.83. The monoisotopic (exact) mass is 314 g/mol. The molecule has 3 aromatic rings. The quantitative estimate of drug-likeness (QED) is 0.762. The highest BCUT2D eigenvalue weighted by Crippen LogP contribution is 2.30. The Kier molecular flexibility index (Phi) is 3.81. The van der Waals surface area contributed by atoms with Crippen LogP contribution in [0.3, 0.4) is 0 Å². The summed E-state index contributed by atoms with van der Waals surface area (Å²) in [7, 11) is 0. The fourth-order valence-corrected chi connectivity index (χ4v) is 3.04. The van der Waals surface area contributed by atoms with Gasteiger partial charge in [0.1, 0.15) is 5.82 Å². The summed E-state index contributed by atoms with van der Waals surface area (Å²) in [5.74, 6) is 0.435. The first-order valence-corrected chi connectivity index (χ1v) is 8.00. The van der Waals surface area contributed by atoms with Gasteiger partial charge in [-0.05, 0) is 40.5 Å². The van der Waals surface area contributed by atoms with Crippen molar-refractivity contribution in [2.45, 2.75) is 6.54 Å². The predicted molar refractivity (Wildman–Crippen MR) is 97.1 cm³/mol. The van der Waals surface area contributed by atoms with Gasteiger partial charge in [0.15, 0.2) is 0 Å². The van der Waals surface area contributed by atoms with Gasteiger partial charge in [-0.15, -0.1) is 10.2 Å². The van der Waals surface area contributed by atoms with Crippen molar-refractivity contribution < 1.29 is 0 Å². The van der Waals surface area contributed by atoms with Crippen molar-refractivity contribution >= 4 is 11.4 Å². The number of nitrogens with one attached hydrogen (secondary N) is 1. The molecule has 24 heavy (non-hydrogen) atoms. The van der Waals surface area contributed by atoms with Crippen LogP contribution < -0.4 is 11.1 Å². The molecule has 0 atom stereocenters. The first kappa shape index (κ1) is 14.6. The van der Waals surface area contributed by atoms with E-state index in [1.165, 1.54) is 22.3 Å². The highest BCUT2D eigenvalue weighted by molar-refractivity contribution is 5.83. The van der Waals surface area contributed by atoms with E-state index in [0.29, 0.717) is 5.82 Å². The lowest BCUT2D eigenvalue weighted by Crippen LogP contribution is -2.11. The number of nitrogens with two attached hydrogens (primary N) is 1. The van der Waals surface area contributed by atoms with Crippen LogP contribution in [-0.2, 0) is 6.54 Å². The summed E-state index contributed by atoms with van der Waals surface area (Å²) >= 11 is 0. The molecule has 1 aliphatic heterocycles. The minimum atomic E-state index is 0.435. The summed E-state index contributed by atoms with van der Waals surface area (Å²) in [6, 6.07) is 20.6. The van der Waals surface area contributed by atoms with Gasteiger partial charge >= 0.3 is 0 Å². The summed E-state index contributed by atoms with van der Waals surface area (Å²) in [4.78, 5) is 0. The zero-order valence-electron chi connectivity index (χ0n) is 13.2. The van der Waals surface area contributed by atoms with Crippen LogP contribution in [0.4, 0.5) is 5.82 Å². The molecule has 1 aromatic heterocycles. The van der Waals surface area contributed by atoms with Crippen LogP contribution in [0.5, 0.6) is 0 Å². The Labute approximate surface area is 141 Å².